The minimum absolute atomic E-state index is 0.0349. The van der Waals surface area contributed by atoms with E-state index in [0.29, 0.717) is 0 Å². The lowest BCUT2D eigenvalue weighted by Crippen LogP contribution is -2.21. The number of hydrogen-bond acceptors (Lipinski definition) is 2. The summed E-state index contributed by atoms with van der Waals surface area (Å²) in [7, 11) is 1.73. The van der Waals surface area contributed by atoms with E-state index >= 15 is 0 Å². The summed E-state index contributed by atoms with van der Waals surface area (Å²) >= 11 is 0. The molecule has 1 aromatic carbocycles. The molecule has 0 saturated heterocycles. The van der Waals surface area contributed by atoms with Crippen molar-refractivity contribution in [2.75, 3.05) is 7.11 Å². The average molecular weight is 246 g/mol. The molecule has 0 aliphatic heterocycles. The van der Waals surface area contributed by atoms with Gasteiger partial charge in [-0.25, -0.2) is 0 Å². The number of aliphatic hydroxyl groups is 1. The summed E-state index contributed by atoms with van der Waals surface area (Å²) in [5, 5.41) is 9.68. The van der Waals surface area contributed by atoms with Gasteiger partial charge in [0.25, 0.3) is 0 Å². The molecule has 2 heteroatoms. The van der Waals surface area contributed by atoms with Gasteiger partial charge >= 0.3 is 0 Å². The molecule has 2 nitrogen and oxygen atoms in total. The van der Waals surface area contributed by atoms with Crippen LogP contribution in [0.3, 0.4) is 0 Å². The van der Waals surface area contributed by atoms with Crippen molar-refractivity contribution < 1.29 is 9.84 Å². The van der Waals surface area contributed by atoms with Gasteiger partial charge in [-0.05, 0) is 73.6 Å². The number of hydrogen-bond donors (Lipinski definition) is 1. The van der Waals surface area contributed by atoms with Crippen molar-refractivity contribution in [3.63, 3.8) is 0 Å². The molecule has 0 heterocycles. The molecular formula is C16H22O2. The molecule has 0 bridgehead atoms. The van der Waals surface area contributed by atoms with Gasteiger partial charge in [0.1, 0.15) is 5.75 Å². The third kappa shape index (κ3) is 2.26. The van der Waals surface area contributed by atoms with Crippen molar-refractivity contribution in [2.24, 2.45) is 11.8 Å². The molecule has 1 aromatic rings. The molecular weight excluding hydrogens is 224 g/mol. The van der Waals surface area contributed by atoms with Gasteiger partial charge in [-0.2, -0.15) is 0 Å². The molecule has 1 saturated carbocycles. The first-order valence-corrected chi connectivity index (χ1v) is 7.10. The smallest absolute Gasteiger partial charge is 0.119 e. The van der Waals surface area contributed by atoms with Crippen LogP contribution in [-0.4, -0.2) is 18.3 Å². The molecule has 18 heavy (non-hydrogen) atoms. The average Bonchev–Trinajstić information content (AvgIpc) is 2.84. The number of ether oxygens (including phenoxy) is 1. The van der Waals surface area contributed by atoms with E-state index in [2.05, 4.69) is 18.2 Å². The minimum Gasteiger partial charge on any atom is -0.497 e. The first-order chi connectivity index (χ1) is 8.76. The molecule has 0 amide bonds. The Morgan fingerprint density at radius 3 is 2.72 bits per heavy atom. The lowest BCUT2D eigenvalue weighted by atomic mass is 9.76. The van der Waals surface area contributed by atoms with E-state index < -0.39 is 0 Å². The van der Waals surface area contributed by atoms with Crippen molar-refractivity contribution in [1.82, 2.24) is 0 Å². The summed E-state index contributed by atoms with van der Waals surface area (Å²) in [5.41, 5.74) is 2.96. The van der Waals surface area contributed by atoms with E-state index in [9.17, 15) is 5.11 Å². The fourth-order valence-electron chi connectivity index (χ4n) is 3.71. The Kier molecular flexibility index (Phi) is 3.29. The molecule has 1 N–H and O–H groups in total. The van der Waals surface area contributed by atoms with Crippen LogP contribution < -0.4 is 4.74 Å². The van der Waals surface area contributed by atoms with Crippen LogP contribution in [0.1, 0.15) is 36.8 Å². The molecule has 0 radical (unpaired) electrons. The SMILES string of the molecule is COc1ccc2c(c1)CC[C@H]([C@H]1CC[C@H](O)C1)C2. The quantitative estimate of drug-likeness (QED) is 0.869. The predicted octanol–water partition coefficient (Wildman–Crippen LogP) is 2.96. The van der Waals surface area contributed by atoms with Crippen LogP contribution in [0.5, 0.6) is 5.75 Å². The van der Waals surface area contributed by atoms with Gasteiger partial charge in [0.05, 0.1) is 13.2 Å². The molecule has 98 valence electrons. The Morgan fingerprint density at radius 1 is 1.11 bits per heavy atom. The lowest BCUT2D eigenvalue weighted by molar-refractivity contribution is 0.168. The highest BCUT2D eigenvalue weighted by atomic mass is 16.5. The first-order valence-electron chi connectivity index (χ1n) is 7.10. The Morgan fingerprint density at radius 2 is 2.00 bits per heavy atom. The topological polar surface area (TPSA) is 29.5 Å². The molecule has 0 aromatic heterocycles. The maximum atomic E-state index is 9.68. The molecule has 3 rings (SSSR count). The lowest BCUT2D eigenvalue weighted by Gasteiger charge is -2.29. The van der Waals surface area contributed by atoms with E-state index in [-0.39, 0.29) is 6.10 Å². The fourth-order valence-corrected chi connectivity index (χ4v) is 3.71. The normalized spacial score (nSPS) is 31.1. The Labute approximate surface area is 109 Å². The summed E-state index contributed by atoms with van der Waals surface area (Å²) in [4.78, 5) is 0. The highest BCUT2D eigenvalue weighted by Gasteiger charge is 2.31. The van der Waals surface area contributed by atoms with Crippen LogP contribution in [0.25, 0.3) is 0 Å². The van der Waals surface area contributed by atoms with E-state index in [0.717, 1.165) is 30.4 Å². The number of aryl methyl sites for hydroxylation is 1. The summed E-state index contributed by atoms with van der Waals surface area (Å²) < 4.78 is 5.29. The maximum Gasteiger partial charge on any atom is 0.119 e. The highest BCUT2D eigenvalue weighted by Crippen LogP contribution is 2.39. The second kappa shape index (κ2) is 4.93. The zero-order valence-corrected chi connectivity index (χ0v) is 11.1. The predicted molar refractivity (Wildman–Crippen MR) is 71.9 cm³/mol. The van der Waals surface area contributed by atoms with Gasteiger partial charge in [-0.15, -0.1) is 0 Å². The zero-order valence-electron chi connectivity index (χ0n) is 11.1. The Balaban J connectivity index is 1.73. The van der Waals surface area contributed by atoms with Crippen molar-refractivity contribution >= 4 is 0 Å². The van der Waals surface area contributed by atoms with Crippen LogP contribution in [0.2, 0.25) is 0 Å². The van der Waals surface area contributed by atoms with Crippen LogP contribution >= 0.6 is 0 Å². The van der Waals surface area contributed by atoms with Gasteiger partial charge < -0.3 is 9.84 Å². The van der Waals surface area contributed by atoms with Gasteiger partial charge in [-0.3, -0.25) is 0 Å². The minimum atomic E-state index is -0.0349. The van der Waals surface area contributed by atoms with Crippen molar-refractivity contribution in [3.8, 4) is 5.75 Å². The number of rotatable bonds is 2. The highest BCUT2D eigenvalue weighted by molar-refractivity contribution is 5.37. The Hall–Kier alpha value is -1.02. The Bertz CT molecular complexity index is 427. The van der Waals surface area contributed by atoms with Gasteiger partial charge in [-0.1, -0.05) is 6.07 Å². The van der Waals surface area contributed by atoms with Crippen LogP contribution in [0.4, 0.5) is 0 Å². The third-order valence-electron chi connectivity index (χ3n) is 4.79. The molecule has 1 fully saturated rings. The summed E-state index contributed by atoms with van der Waals surface area (Å²) in [6.07, 6.45) is 6.86. The molecule has 2 aliphatic rings. The number of aliphatic hydroxyl groups excluding tert-OH is 1. The van der Waals surface area contributed by atoms with E-state index in [1.807, 2.05) is 0 Å². The maximum absolute atomic E-state index is 9.68. The number of fused-ring (bicyclic) bond motifs is 1. The fraction of sp³-hybridized carbons (Fsp3) is 0.625. The van der Waals surface area contributed by atoms with Crippen LogP contribution in [0.15, 0.2) is 18.2 Å². The van der Waals surface area contributed by atoms with E-state index in [1.165, 1.54) is 36.8 Å². The van der Waals surface area contributed by atoms with Gasteiger partial charge in [0.2, 0.25) is 0 Å². The summed E-state index contributed by atoms with van der Waals surface area (Å²) in [6.45, 7) is 0. The van der Waals surface area contributed by atoms with E-state index in [4.69, 9.17) is 4.74 Å². The second-order valence-corrected chi connectivity index (χ2v) is 5.86. The summed E-state index contributed by atoms with van der Waals surface area (Å²) in [6, 6.07) is 6.49. The number of methoxy groups -OCH3 is 1. The van der Waals surface area contributed by atoms with Gasteiger partial charge in [0.15, 0.2) is 0 Å². The molecule has 2 aliphatic carbocycles. The third-order valence-corrected chi connectivity index (χ3v) is 4.79. The molecule has 0 unspecified atom stereocenters. The van der Waals surface area contributed by atoms with Crippen LogP contribution in [0, 0.1) is 11.8 Å². The van der Waals surface area contributed by atoms with Crippen molar-refractivity contribution in [3.05, 3.63) is 29.3 Å². The first kappa shape index (κ1) is 12.0. The monoisotopic (exact) mass is 246 g/mol. The van der Waals surface area contributed by atoms with E-state index in [1.54, 1.807) is 7.11 Å². The van der Waals surface area contributed by atoms with Crippen molar-refractivity contribution in [2.45, 2.75) is 44.6 Å². The summed E-state index contributed by atoms with van der Waals surface area (Å²) in [5.74, 6) is 2.50. The molecule has 0 spiro atoms. The van der Waals surface area contributed by atoms with Crippen LogP contribution in [-0.2, 0) is 12.8 Å². The second-order valence-electron chi connectivity index (χ2n) is 5.86. The standard InChI is InChI=1S/C16H22O2/c1-18-16-7-5-12-8-11(2-3-14(12)10-16)13-4-6-15(17)9-13/h5,7,10-11,13,15,17H,2-4,6,8-9H2,1H3/t11-,13-,15-/m0/s1. The number of benzene rings is 1. The van der Waals surface area contributed by atoms with Gasteiger partial charge in [0, 0.05) is 0 Å². The zero-order chi connectivity index (χ0) is 12.5. The molecule has 3 atom stereocenters. The largest absolute Gasteiger partial charge is 0.497 e. The van der Waals surface area contributed by atoms with Crippen molar-refractivity contribution in [1.29, 1.82) is 0 Å².